The van der Waals surface area contributed by atoms with Gasteiger partial charge in [-0.2, -0.15) is 4.98 Å². The fourth-order valence-corrected chi connectivity index (χ4v) is 6.44. The first-order valence-corrected chi connectivity index (χ1v) is 15.3. The van der Waals surface area contributed by atoms with E-state index < -0.39 is 41.0 Å². The second-order valence-corrected chi connectivity index (χ2v) is 11.9. The van der Waals surface area contributed by atoms with Crippen molar-refractivity contribution in [3.63, 3.8) is 0 Å². The summed E-state index contributed by atoms with van der Waals surface area (Å²) in [6.07, 6.45) is -0.0845. The lowest BCUT2D eigenvalue weighted by atomic mass is 10.1. The number of rotatable bonds is 7. The number of imidazole rings is 1. The number of esters is 2. The molecule has 2 aliphatic heterocycles. The molecule has 4 aromatic rings. The smallest absolute Gasteiger partial charge is 0.337 e. The number of amides is 2. The first-order chi connectivity index (χ1) is 22.9. The minimum absolute atomic E-state index is 0.00560. The molecule has 2 amide bonds. The van der Waals surface area contributed by atoms with E-state index in [4.69, 9.17) is 14.5 Å². The van der Waals surface area contributed by atoms with Crippen molar-refractivity contribution in [2.45, 2.75) is 25.9 Å². The Morgan fingerprint density at radius 2 is 1.52 bits per heavy atom. The van der Waals surface area contributed by atoms with Crippen molar-refractivity contribution in [2.75, 3.05) is 50.2 Å². The second-order valence-electron chi connectivity index (χ2n) is 11.9. The van der Waals surface area contributed by atoms with Gasteiger partial charge in [0.2, 0.25) is 11.9 Å². The van der Waals surface area contributed by atoms with Crippen molar-refractivity contribution in [3.8, 4) is 0 Å². The molecule has 2 aromatic carbocycles. The van der Waals surface area contributed by atoms with Gasteiger partial charge in [0.1, 0.15) is 0 Å². The number of methoxy groups -OCH3 is 2. The zero-order valence-electron chi connectivity index (χ0n) is 27.3. The van der Waals surface area contributed by atoms with Crippen LogP contribution < -0.4 is 21.0 Å². The van der Waals surface area contributed by atoms with Gasteiger partial charge in [0.25, 0.3) is 11.5 Å². The van der Waals surface area contributed by atoms with Gasteiger partial charge in [-0.3, -0.25) is 33.0 Å². The highest BCUT2D eigenvalue weighted by atomic mass is 16.5. The Bertz CT molecular complexity index is 2070. The number of aromatic nitrogens is 4. The van der Waals surface area contributed by atoms with Crippen molar-refractivity contribution in [1.29, 1.82) is 0 Å². The van der Waals surface area contributed by atoms with Gasteiger partial charge in [-0.15, -0.1) is 0 Å². The van der Waals surface area contributed by atoms with Crippen molar-refractivity contribution >= 4 is 46.6 Å². The number of carbonyl (C=O) groups is 4. The summed E-state index contributed by atoms with van der Waals surface area (Å²) in [6.45, 7) is 3.99. The highest BCUT2D eigenvalue weighted by Gasteiger charge is 2.44. The third-order valence-corrected chi connectivity index (χ3v) is 8.93. The number of benzene rings is 2. The first kappa shape index (κ1) is 32.4. The highest BCUT2D eigenvalue weighted by Crippen LogP contribution is 2.30. The Morgan fingerprint density at radius 1 is 0.875 bits per heavy atom. The molecule has 48 heavy (non-hydrogen) atoms. The molecule has 250 valence electrons. The summed E-state index contributed by atoms with van der Waals surface area (Å²) in [6, 6.07) is 11.1. The molecule has 15 heteroatoms. The predicted molar refractivity (Wildman–Crippen MR) is 174 cm³/mol. The molecule has 2 fully saturated rings. The van der Waals surface area contributed by atoms with Crippen LogP contribution in [0.15, 0.2) is 52.1 Å². The number of nitrogens with zero attached hydrogens (tertiary/aromatic N) is 7. The standard InChI is InChI=1S/C33H35N7O8/c1-19-7-6-8-20(13-19)18-39-26-27(35(2)33(46)36(3)29(26)43)34-32(39)38-11-9-37(10-12-38)24-17-25(41)40(28(24)42)23-15-21(30(44)47-4)14-22(16-23)31(45)48-5/h6-8,13-16,24H,9-12,17-18H2,1-5H3. The van der Waals surface area contributed by atoms with Crippen LogP contribution in [-0.4, -0.2) is 93.8 Å². The average molecular weight is 658 g/mol. The Morgan fingerprint density at radius 3 is 2.12 bits per heavy atom. The van der Waals surface area contributed by atoms with Gasteiger partial charge in [0.05, 0.1) is 50.0 Å². The lowest BCUT2D eigenvalue weighted by Crippen LogP contribution is -2.53. The normalized spacial score (nSPS) is 17.0. The molecule has 0 spiro atoms. The Balaban J connectivity index is 1.28. The van der Waals surface area contributed by atoms with Crippen molar-refractivity contribution in [1.82, 2.24) is 23.6 Å². The Hall–Kier alpha value is -5.57. The van der Waals surface area contributed by atoms with Crippen LogP contribution in [0.1, 0.15) is 38.3 Å². The van der Waals surface area contributed by atoms with E-state index in [1.165, 1.54) is 44.0 Å². The van der Waals surface area contributed by atoms with E-state index in [0.717, 1.165) is 20.6 Å². The van der Waals surface area contributed by atoms with E-state index in [0.29, 0.717) is 44.2 Å². The number of hydrogen-bond donors (Lipinski definition) is 0. The maximum atomic E-state index is 13.7. The molecule has 2 aliphatic rings. The van der Waals surface area contributed by atoms with E-state index in [1.54, 1.807) is 7.05 Å². The summed E-state index contributed by atoms with van der Waals surface area (Å²) < 4.78 is 13.9. The number of piperazine rings is 1. The van der Waals surface area contributed by atoms with Crippen molar-refractivity contribution in [2.24, 2.45) is 14.1 Å². The maximum Gasteiger partial charge on any atom is 0.337 e. The van der Waals surface area contributed by atoms with Gasteiger partial charge >= 0.3 is 17.6 Å². The molecule has 0 radical (unpaired) electrons. The van der Waals surface area contributed by atoms with Crippen LogP contribution in [0.25, 0.3) is 11.2 Å². The van der Waals surface area contributed by atoms with Gasteiger partial charge in [0, 0.05) is 40.3 Å². The number of hydrogen-bond acceptors (Lipinski definition) is 11. The quantitative estimate of drug-likeness (QED) is 0.205. The molecular weight excluding hydrogens is 622 g/mol. The fourth-order valence-electron chi connectivity index (χ4n) is 6.44. The highest BCUT2D eigenvalue weighted by molar-refractivity contribution is 6.23. The summed E-state index contributed by atoms with van der Waals surface area (Å²) in [7, 11) is 5.40. The SMILES string of the molecule is COC(=O)c1cc(C(=O)OC)cc(N2C(=O)CC(N3CCN(c4nc5c(c(=O)n(C)c(=O)n5C)n4Cc4cccc(C)c4)CC3)C2=O)c1. The van der Waals surface area contributed by atoms with E-state index >= 15 is 0 Å². The third kappa shape index (κ3) is 5.55. The summed E-state index contributed by atoms with van der Waals surface area (Å²) in [5.41, 5.74) is 1.76. The molecule has 0 N–H and O–H groups in total. The molecule has 1 atom stereocenters. The molecule has 0 aliphatic carbocycles. The molecule has 6 rings (SSSR count). The molecule has 15 nitrogen and oxygen atoms in total. The molecule has 0 saturated carbocycles. The average Bonchev–Trinajstić information content (AvgIpc) is 3.61. The van der Waals surface area contributed by atoms with Crippen LogP contribution >= 0.6 is 0 Å². The van der Waals surface area contributed by atoms with Crippen molar-refractivity contribution in [3.05, 3.63) is 85.6 Å². The van der Waals surface area contributed by atoms with Gasteiger partial charge < -0.3 is 14.4 Å². The van der Waals surface area contributed by atoms with E-state index in [1.807, 2.05) is 45.6 Å². The van der Waals surface area contributed by atoms with Crippen LogP contribution in [0.2, 0.25) is 0 Å². The van der Waals surface area contributed by atoms with Gasteiger partial charge in [-0.25, -0.2) is 19.3 Å². The molecule has 2 saturated heterocycles. The lowest BCUT2D eigenvalue weighted by Gasteiger charge is -2.37. The lowest BCUT2D eigenvalue weighted by molar-refractivity contribution is -0.123. The number of carbonyl (C=O) groups excluding carboxylic acids is 4. The van der Waals surface area contributed by atoms with E-state index in [2.05, 4.69) is 0 Å². The second kappa shape index (κ2) is 12.6. The van der Waals surface area contributed by atoms with Crippen LogP contribution in [-0.2, 0) is 39.7 Å². The van der Waals surface area contributed by atoms with Crippen molar-refractivity contribution < 1.29 is 28.7 Å². The van der Waals surface area contributed by atoms with Gasteiger partial charge in [0.15, 0.2) is 11.2 Å². The minimum Gasteiger partial charge on any atom is -0.465 e. The Kier molecular flexibility index (Phi) is 8.47. The topological polar surface area (TPSA) is 158 Å². The number of ether oxygens (including phenoxy) is 2. The van der Waals surface area contributed by atoms with Gasteiger partial charge in [-0.1, -0.05) is 29.8 Å². The summed E-state index contributed by atoms with van der Waals surface area (Å²) in [5.74, 6) is -1.89. The molecule has 4 heterocycles. The monoisotopic (exact) mass is 657 g/mol. The zero-order chi connectivity index (χ0) is 34.4. The largest absolute Gasteiger partial charge is 0.465 e. The zero-order valence-corrected chi connectivity index (χ0v) is 27.3. The predicted octanol–water partition coefficient (Wildman–Crippen LogP) is 0.818. The van der Waals surface area contributed by atoms with Gasteiger partial charge in [-0.05, 0) is 30.7 Å². The first-order valence-electron chi connectivity index (χ1n) is 15.3. The molecule has 2 aromatic heterocycles. The maximum absolute atomic E-state index is 13.7. The number of imide groups is 1. The summed E-state index contributed by atoms with van der Waals surface area (Å²) in [5, 5.41) is 0. The number of fused-ring (bicyclic) bond motifs is 1. The molecule has 1 unspecified atom stereocenters. The number of anilines is 2. The number of aryl methyl sites for hydroxylation is 2. The fraction of sp³-hybridized carbons (Fsp3) is 0.364. The van der Waals surface area contributed by atoms with Crippen LogP contribution in [0.5, 0.6) is 0 Å². The van der Waals surface area contributed by atoms with Crippen LogP contribution in [0.3, 0.4) is 0 Å². The van der Waals surface area contributed by atoms with Crippen LogP contribution in [0.4, 0.5) is 11.6 Å². The molecular formula is C33H35N7O8. The van der Waals surface area contributed by atoms with E-state index in [-0.39, 0.29) is 28.9 Å². The Labute approximate surface area is 274 Å². The summed E-state index contributed by atoms with van der Waals surface area (Å²) in [4.78, 5) is 87.5. The summed E-state index contributed by atoms with van der Waals surface area (Å²) >= 11 is 0. The van der Waals surface area contributed by atoms with E-state index in [9.17, 15) is 28.8 Å². The third-order valence-electron chi connectivity index (χ3n) is 8.93. The van der Waals surface area contributed by atoms with Crippen LogP contribution in [0, 0.1) is 6.92 Å². The minimum atomic E-state index is -0.762. The molecule has 0 bridgehead atoms.